The minimum absolute atomic E-state index is 0.0183. The Morgan fingerprint density at radius 1 is 1.16 bits per heavy atom. The van der Waals surface area contributed by atoms with Crippen LogP contribution in [-0.4, -0.2) is 52.3 Å². The lowest BCUT2D eigenvalue weighted by atomic mass is 10.1. The smallest absolute Gasteiger partial charge is 0.305 e. The number of nitrogens with zero attached hydrogens (tertiary/aromatic N) is 2. The second-order valence-electron chi connectivity index (χ2n) is 6.39. The van der Waals surface area contributed by atoms with Gasteiger partial charge >= 0.3 is 5.97 Å². The van der Waals surface area contributed by atoms with Gasteiger partial charge in [-0.1, -0.05) is 18.2 Å². The first-order valence-electron chi connectivity index (χ1n) is 8.78. The Morgan fingerprint density at radius 3 is 2.68 bits per heavy atom. The normalized spacial score (nSPS) is 15.4. The van der Waals surface area contributed by atoms with E-state index in [1.165, 1.54) is 0 Å². The number of hydrogen-bond donors (Lipinski definition) is 1. The summed E-state index contributed by atoms with van der Waals surface area (Å²) in [6.07, 6.45) is 3.90. The third-order valence-electron chi connectivity index (χ3n) is 4.77. The monoisotopic (exact) mass is 344 g/mol. The molecule has 2 aromatic rings. The van der Waals surface area contributed by atoms with Gasteiger partial charge in [0.05, 0.1) is 6.42 Å². The zero-order valence-corrected chi connectivity index (χ0v) is 14.3. The lowest BCUT2D eigenvalue weighted by molar-refractivity contribution is -0.140. The van der Waals surface area contributed by atoms with Gasteiger partial charge in [0.1, 0.15) is 0 Å². The van der Waals surface area contributed by atoms with Crippen LogP contribution in [0.15, 0.2) is 36.5 Å². The van der Waals surface area contributed by atoms with Gasteiger partial charge in [-0.15, -0.1) is 0 Å². The molecule has 0 bridgehead atoms. The molecule has 1 N–H and O–H groups in total. The number of carboxylic acid groups (broad SMARTS) is 1. The number of aliphatic carboxylic acids is 1. The number of fused-ring (bicyclic) bond motifs is 1. The van der Waals surface area contributed by atoms with E-state index >= 15 is 0 Å². The van der Waals surface area contributed by atoms with Gasteiger partial charge in [0.2, 0.25) is 5.91 Å². The van der Waals surface area contributed by atoms with Gasteiger partial charge < -0.3 is 19.3 Å². The summed E-state index contributed by atoms with van der Waals surface area (Å²) >= 11 is 0. The maximum absolute atomic E-state index is 12.8. The molecule has 6 heteroatoms. The molecule has 0 atom stereocenters. The number of carbonyl (C=O) groups is 2. The SMILES string of the molecule is O=C(O)CCN(C(=O)CCn1ccc2ccccc21)C1CCOCC1. The molecule has 1 saturated heterocycles. The number of para-hydroxylation sites is 1. The Labute approximate surface area is 147 Å². The van der Waals surface area contributed by atoms with Gasteiger partial charge in [-0.25, -0.2) is 0 Å². The summed E-state index contributed by atoms with van der Waals surface area (Å²) in [6.45, 7) is 2.12. The third kappa shape index (κ3) is 4.39. The highest BCUT2D eigenvalue weighted by molar-refractivity contribution is 5.81. The molecule has 6 nitrogen and oxygen atoms in total. The molecule has 0 radical (unpaired) electrons. The number of rotatable bonds is 7. The molecule has 1 aromatic carbocycles. The number of hydrogen-bond acceptors (Lipinski definition) is 3. The van der Waals surface area contributed by atoms with E-state index in [4.69, 9.17) is 9.84 Å². The Morgan fingerprint density at radius 2 is 1.92 bits per heavy atom. The minimum atomic E-state index is -0.874. The predicted octanol–water partition coefficient (Wildman–Crippen LogP) is 2.51. The Kier molecular flexibility index (Phi) is 5.71. The number of benzene rings is 1. The molecule has 134 valence electrons. The summed E-state index contributed by atoms with van der Waals surface area (Å²) in [4.78, 5) is 25.5. The van der Waals surface area contributed by atoms with Crippen molar-refractivity contribution >= 4 is 22.8 Å². The lowest BCUT2D eigenvalue weighted by Crippen LogP contribution is -2.44. The Bertz CT molecular complexity index is 734. The van der Waals surface area contributed by atoms with E-state index in [-0.39, 0.29) is 24.9 Å². The molecule has 1 fully saturated rings. The Hall–Kier alpha value is -2.34. The molecule has 1 aromatic heterocycles. The molecule has 0 unspecified atom stereocenters. The van der Waals surface area contributed by atoms with E-state index in [1.807, 2.05) is 30.5 Å². The van der Waals surface area contributed by atoms with Gasteiger partial charge in [0.25, 0.3) is 0 Å². The highest BCUT2D eigenvalue weighted by Gasteiger charge is 2.26. The summed E-state index contributed by atoms with van der Waals surface area (Å²) in [6, 6.07) is 10.2. The first-order valence-corrected chi connectivity index (χ1v) is 8.78. The molecule has 0 aliphatic carbocycles. The maximum Gasteiger partial charge on any atom is 0.305 e. The molecule has 2 heterocycles. The summed E-state index contributed by atoms with van der Waals surface area (Å²) in [7, 11) is 0. The van der Waals surface area contributed by atoms with E-state index < -0.39 is 5.97 Å². The number of ether oxygens (including phenoxy) is 1. The largest absolute Gasteiger partial charge is 0.481 e. The average Bonchev–Trinajstić information content (AvgIpc) is 3.04. The highest BCUT2D eigenvalue weighted by atomic mass is 16.5. The second kappa shape index (κ2) is 8.16. The third-order valence-corrected chi connectivity index (χ3v) is 4.77. The molecular weight excluding hydrogens is 320 g/mol. The van der Waals surface area contributed by atoms with Gasteiger partial charge in [0.15, 0.2) is 0 Å². The van der Waals surface area contributed by atoms with Crippen molar-refractivity contribution in [2.75, 3.05) is 19.8 Å². The van der Waals surface area contributed by atoms with Crippen LogP contribution < -0.4 is 0 Å². The van der Waals surface area contributed by atoms with Crippen molar-refractivity contribution in [1.29, 1.82) is 0 Å². The Balaban J connectivity index is 1.65. The molecule has 1 aliphatic rings. The molecule has 0 spiro atoms. The van der Waals surface area contributed by atoms with Crippen molar-refractivity contribution in [2.45, 2.75) is 38.3 Å². The van der Waals surface area contributed by atoms with Crippen LogP contribution in [0, 0.1) is 0 Å². The maximum atomic E-state index is 12.8. The van der Waals surface area contributed by atoms with Crippen molar-refractivity contribution in [3.63, 3.8) is 0 Å². The lowest BCUT2D eigenvalue weighted by Gasteiger charge is -2.34. The van der Waals surface area contributed by atoms with Crippen molar-refractivity contribution in [3.8, 4) is 0 Å². The number of carboxylic acids is 1. The fraction of sp³-hybridized carbons (Fsp3) is 0.474. The van der Waals surface area contributed by atoms with Crippen molar-refractivity contribution in [3.05, 3.63) is 36.5 Å². The molecule has 1 amide bonds. The van der Waals surface area contributed by atoms with Crippen molar-refractivity contribution in [2.24, 2.45) is 0 Å². The number of aromatic nitrogens is 1. The second-order valence-corrected chi connectivity index (χ2v) is 6.39. The van der Waals surface area contributed by atoms with Gasteiger partial charge in [0, 0.05) is 50.5 Å². The van der Waals surface area contributed by atoms with Crippen LogP contribution in [0.2, 0.25) is 0 Å². The van der Waals surface area contributed by atoms with E-state index in [9.17, 15) is 9.59 Å². The van der Waals surface area contributed by atoms with Gasteiger partial charge in [-0.2, -0.15) is 0 Å². The molecule has 0 saturated carbocycles. The highest BCUT2D eigenvalue weighted by Crippen LogP contribution is 2.18. The fourth-order valence-electron chi connectivity index (χ4n) is 3.42. The number of amides is 1. The fourth-order valence-corrected chi connectivity index (χ4v) is 3.42. The molecular formula is C19H24N2O4. The van der Waals surface area contributed by atoms with Crippen LogP contribution in [0.4, 0.5) is 0 Å². The summed E-state index contributed by atoms with van der Waals surface area (Å²) in [5, 5.41) is 10.1. The summed E-state index contributed by atoms with van der Waals surface area (Å²) in [5.74, 6) is -0.854. The standard InChI is InChI=1S/C19H24N2O4/c22-18(6-11-20-10-5-15-3-1-2-4-17(15)20)21(12-7-19(23)24)16-8-13-25-14-9-16/h1-5,10,16H,6-9,11-14H2,(H,23,24). The number of aryl methyl sites for hydroxylation is 1. The van der Waals surface area contributed by atoms with E-state index in [0.717, 1.165) is 23.7 Å². The van der Waals surface area contributed by atoms with Gasteiger partial charge in [-0.05, 0) is 30.4 Å². The van der Waals surface area contributed by atoms with Gasteiger partial charge in [-0.3, -0.25) is 9.59 Å². The van der Waals surface area contributed by atoms with Crippen molar-refractivity contribution < 1.29 is 19.4 Å². The molecule has 1 aliphatic heterocycles. The average molecular weight is 344 g/mol. The topological polar surface area (TPSA) is 71.8 Å². The number of carbonyl (C=O) groups excluding carboxylic acids is 1. The summed E-state index contributed by atoms with van der Waals surface area (Å²) in [5.41, 5.74) is 1.11. The first kappa shape index (κ1) is 17.5. The van der Waals surface area contributed by atoms with E-state index in [2.05, 4.69) is 10.6 Å². The van der Waals surface area contributed by atoms with E-state index in [0.29, 0.717) is 26.2 Å². The van der Waals surface area contributed by atoms with Crippen LogP contribution in [-0.2, 0) is 20.9 Å². The zero-order chi connectivity index (χ0) is 17.6. The molecule has 25 heavy (non-hydrogen) atoms. The van der Waals surface area contributed by atoms with Crippen LogP contribution in [0.25, 0.3) is 10.9 Å². The van der Waals surface area contributed by atoms with E-state index in [1.54, 1.807) is 4.90 Å². The van der Waals surface area contributed by atoms with Crippen LogP contribution >= 0.6 is 0 Å². The first-order chi connectivity index (χ1) is 12.1. The van der Waals surface area contributed by atoms with Crippen LogP contribution in [0.3, 0.4) is 0 Å². The van der Waals surface area contributed by atoms with Crippen molar-refractivity contribution in [1.82, 2.24) is 9.47 Å². The minimum Gasteiger partial charge on any atom is -0.481 e. The summed E-state index contributed by atoms with van der Waals surface area (Å²) < 4.78 is 7.44. The molecule has 3 rings (SSSR count). The predicted molar refractivity (Wildman–Crippen MR) is 94.4 cm³/mol. The zero-order valence-electron chi connectivity index (χ0n) is 14.3. The quantitative estimate of drug-likeness (QED) is 0.838. The van der Waals surface area contributed by atoms with Crippen LogP contribution in [0.1, 0.15) is 25.7 Å². The van der Waals surface area contributed by atoms with Crippen LogP contribution in [0.5, 0.6) is 0 Å².